The van der Waals surface area contributed by atoms with Crippen molar-refractivity contribution in [2.45, 2.75) is 0 Å². The summed E-state index contributed by atoms with van der Waals surface area (Å²) in [7, 11) is 3.15. The van der Waals surface area contributed by atoms with E-state index in [1.807, 2.05) is 0 Å². The van der Waals surface area contributed by atoms with Crippen LogP contribution in [0.25, 0.3) is 0 Å². The third-order valence-corrected chi connectivity index (χ3v) is 3.22. The van der Waals surface area contributed by atoms with Gasteiger partial charge in [0.2, 0.25) is 5.78 Å². The number of benzene rings is 1. The van der Waals surface area contributed by atoms with Crippen molar-refractivity contribution in [2.24, 2.45) is 0 Å². The van der Waals surface area contributed by atoms with Gasteiger partial charge in [0, 0.05) is 12.4 Å². The van der Waals surface area contributed by atoms with Crippen molar-refractivity contribution in [1.82, 2.24) is 4.98 Å². The first-order valence-corrected chi connectivity index (χ1v) is 6.05. The van der Waals surface area contributed by atoms with Crippen LogP contribution < -0.4 is 10.1 Å². The highest BCUT2D eigenvalue weighted by molar-refractivity contribution is 7.13. The van der Waals surface area contributed by atoms with Crippen molar-refractivity contribution in [3.63, 3.8) is 0 Å². The molecule has 0 bridgehead atoms. The normalized spacial score (nSPS) is 10.2. The predicted molar refractivity (Wildman–Crippen MR) is 68.0 cm³/mol. The minimum atomic E-state index is -0.483. The van der Waals surface area contributed by atoms with Crippen molar-refractivity contribution >= 4 is 22.3 Å². The Morgan fingerprint density at radius 2 is 2.28 bits per heavy atom. The number of aromatic nitrogens is 1. The summed E-state index contributed by atoms with van der Waals surface area (Å²) in [5, 5.41) is 5.10. The molecule has 0 aliphatic heterocycles. The van der Waals surface area contributed by atoms with E-state index in [0.29, 0.717) is 10.9 Å². The molecule has 0 saturated carbocycles. The molecule has 0 spiro atoms. The van der Waals surface area contributed by atoms with Gasteiger partial charge in [0.05, 0.1) is 12.7 Å². The number of ether oxygens (including phenoxy) is 1. The molecule has 0 amide bonds. The fourth-order valence-corrected chi connectivity index (χ4v) is 2.14. The van der Waals surface area contributed by atoms with Crippen LogP contribution in [0.15, 0.2) is 23.6 Å². The lowest BCUT2D eigenvalue weighted by atomic mass is 10.1. The molecule has 0 aliphatic carbocycles. The molecule has 2 rings (SSSR count). The molecule has 2 aromatic rings. The van der Waals surface area contributed by atoms with Gasteiger partial charge >= 0.3 is 0 Å². The molecule has 6 heteroatoms. The van der Waals surface area contributed by atoms with Crippen LogP contribution in [-0.4, -0.2) is 24.9 Å². The number of carbonyl (C=O) groups excluding carboxylic acids is 1. The number of halogens is 1. The quantitative estimate of drug-likeness (QED) is 0.864. The number of ketones is 1. The van der Waals surface area contributed by atoms with Crippen molar-refractivity contribution in [1.29, 1.82) is 0 Å². The molecule has 18 heavy (non-hydrogen) atoms. The largest absolute Gasteiger partial charge is 0.496 e. The second-order valence-corrected chi connectivity index (χ2v) is 4.32. The minimum Gasteiger partial charge on any atom is -0.496 e. The molecule has 0 aliphatic rings. The number of nitrogens with one attached hydrogen (secondary N) is 1. The summed E-state index contributed by atoms with van der Waals surface area (Å²) in [6, 6.07) is 3.82. The highest BCUT2D eigenvalue weighted by Crippen LogP contribution is 2.24. The van der Waals surface area contributed by atoms with Crippen LogP contribution in [0.3, 0.4) is 0 Å². The maximum Gasteiger partial charge on any atom is 0.216 e. The zero-order valence-corrected chi connectivity index (χ0v) is 10.7. The number of rotatable bonds is 4. The van der Waals surface area contributed by atoms with Gasteiger partial charge in [0.1, 0.15) is 17.3 Å². The number of nitrogens with zero attached hydrogens (tertiary/aromatic N) is 1. The molecule has 4 nitrogen and oxygen atoms in total. The van der Waals surface area contributed by atoms with Gasteiger partial charge in [-0.15, -0.1) is 11.3 Å². The van der Waals surface area contributed by atoms with Crippen molar-refractivity contribution in [3.8, 4) is 5.75 Å². The number of thiazole rings is 1. The predicted octanol–water partition coefficient (Wildman–Crippen LogP) is 2.56. The van der Waals surface area contributed by atoms with Gasteiger partial charge in [-0.25, -0.2) is 9.37 Å². The van der Waals surface area contributed by atoms with Gasteiger partial charge in [-0.3, -0.25) is 4.79 Å². The second-order valence-electron chi connectivity index (χ2n) is 3.46. The fraction of sp³-hybridized carbons (Fsp3) is 0.167. The first-order chi connectivity index (χ1) is 8.65. The SMILES string of the molecule is CNc1nc(C(=O)c2cc(F)ccc2OC)cs1. The summed E-state index contributed by atoms with van der Waals surface area (Å²) < 4.78 is 18.2. The molecule has 1 N–H and O–H groups in total. The number of hydrogen-bond donors (Lipinski definition) is 1. The Morgan fingerprint density at radius 3 is 2.89 bits per heavy atom. The van der Waals surface area contributed by atoms with Crippen LogP contribution >= 0.6 is 11.3 Å². The van der Waals surface area contributed by atoms with E-state index in [1.165, 1.54) is 30.6 Å². The Kier molecular flexibility index (Phi) is 3.57. The monoisotopic (exact) mass is 266 g/mol. The van der Waals surface area contributed by atoms with Crippen LogP contribution in [0.2, 0.25) is 0 Å². The maximum absolute atomic E-state index is 13.2. The average Bonchev–Trinajstić information content (AvgIpc) is 2.86. The van der Waals surface area contributed by atoms with Gasteiger partial charge < -0.3 is 10.1 Å². The van der Waals surface area contributed by atoms with Gasteiger partial charge in [-0.05, 0) is 18.2 Å². The lowest BCUT2D eigenvalue weighted by Crippen LogP contribution is -2.05. The highest BCUT2D eigenvalue weighted by atomic mass is 32.1. The highest BCUT2D eigenvalue weighted by Gasteiger charge is 2.18. The summed E-state index contributed by atoms with van der Waals surface area (Å²) in [5.41, 5.74) is 0.443. The van der Waals surface area contributed by atoms with Crippen molar-refractivity contribution in [3.05, 3.63) is 40.7 Å². The minimum absolute atomic E-state index is 0.172. The van der Waals surface area contributed by atoms with Gasteiger partial charge in [0.15, 0.2) is 5.13 Å². The maximum atomic E-state index is 13.2. The molecule has 0 fully saturated rings. The summed E-state index contributed by atoms with van der Waals surface area (Å²) in [6.07, 6.45) is 0. The Balaban J connectivity index is 2.41. The molecule has 1 aromatic heterocycles. The lowest BCUT2D eigenvalue weighted by Gasteiger charge is -2.05. The van der Waals surface area contributed by atoms with Crippen LogP contribution in [0.1, 0.15) is 16.1 Å². The van der Waals surface area contributed by atoms with Crippen LogP contribution in [-0.2, 0) is 0 Å². The number of hydrogen-bond acceptors (Lipinski definition) is 5. The standard InChI is InChI=1S/C12H11FN2O2S/c1-14-12-15-9(6-18-12)11(16)8-5-7(13)3-4-10(8)17-2/h3-6H,1-2H3,(H,14,15). The van der Waals surface area contributed by atoms with Gasteiger partial charge in [0.25, 0.3) is 0 Å². The molecule has 0 radical (unpaired) electrons. The van der Waals surface area contributed by atoms with E-state index in [9.17, 15) is 9.18 Å². The smallest absolute Gasteiger partial charge is 0.216 e. The summed E-state index contributed by atoms with van der Waals surface area (Å²) >= 11 is 1.31. The Bertz CT molecular complexity index is 583. The topological polar surface area (TPSA) is 51.2 Å². The fourth-order valence-electron chi connectivity index (χ4n) is 1.49. The first kappa shape index (κ1) is 12.5. The van der Waals surface area contributed by atoms with E-state index >= 15 is 0 Å². The molecule has 1 heterocycles. The number of carbonyl (C=O) groups is 1. The van der Waals surface area contributed by atoms with E-state index in [4.69, 9.17) is 4.74 Å². The molecular weight excluding hydrogens is 255 g/mol. The van der Waals surface area contributed by atoms with Crippen molar-refractivity contribution < 1.29 is 13.9 Å². The molecule has 0 unspecified atom stereocenters. The Morgan fingerprint density at radius 1 is 1.50 bits per heavy atom. The zero-order valence-electron chi connectivity index (χ0n) is 9.86. The van der Waals surface area contributed by atoms with Crippen LogP contribution in [0, 0.1) is 5.82 Å². The zero-order chi connectivity index (χ0) is 13.1. The number of anilines is 1. The summed E-state index contributed by atoms with van der Waals surface area (Å²) in [4.78, 5) is 16.3. The summed E-state index contributed by atoms with van der Waals surface area (Å²) in [6.45, 7) is 0. The van der Waals surface area contributed by atoms with Crippen LogP contribution in [0.5, 0.6) is 5.75 Å². The third kappa shape index (κ3) is 2.33. The summed E-state index contributed by atoms with van der Waals surface area (Å²) in [5.74, 6) is -0.507. The van der Waals surface area contributed by atoms with Crippen molar-refractivity contribution in [2.75, 3.05) is 19.5 Å². The van der Waals surface area contributed by atoms with E-state index < -0.39 is 5.82 Å². The van der Waals surface area contributed by atoms with Gasteiger partial charge in [-0.1, -0.05) is 0 Å². The lowest BCUT2D eigenvalue weighted by molar-refractivity contribution is 0.103. The van der Waals surface area contributed by atoms with Crippen LogP contribution in [0.4, 0.5) is 9.52 Å². The molecular formula is C12H11FN2O2S. The Hall–Kier alpha value is -1.95. The van der Waals surface area contributed by atoms with E-state index in [-0.39, 0.29) is 17.0 Å². The average molecular weight is 266 g/mol. The van der Waals surface area contributed by atoms with E-state index in [1.54, 1.807) is 12.4 Å². The Labute approximate surface area is 107 Å². The van der Waals surface area contributed by atoms with E-state index in [0.717, 1.165) is 6.07 Å². The third-order valence-electron chi connectivity index (χ3n) is 2.36. The first-order valence-electron chi connectivity index (χ1n) is 5.17. The molecule has 1 aromatic carbocycles. The van der Waals surface area contributed by atoms with E-state index in [2.05, 4.69) is 10.3 Å². The van der Waals surface area contributed by atoms with Gasteiger partial charge in [-0.2, -0.15) is 0 Å². The molecule has 0 saturated heterocycles. The second kappa shape index (κ2) is 5.14. The number of methoxy groups -OCH3 is 1. The molecule has 94 valence electrons. The molecule has 0 atom stereocenters.